The van der Waals surface area contributed by atoms with E-state index in [2.05, 4.69) is 6.58 Å². The van der Waals surface area contributed by atoms with Gasteiger partial charge in [-0.05, 0) is 19.3 Å². The lowest BCUT2D eigenvalue weighted by Gasteiger charge is -2.26. The molecule has 1 aliphatic carbocycles. The molecule has 0 amide bonds. The van der Waals surface area contributed by atoms with Gasteiger partial charge in [-0.1, -0.05) is 12.7 Å². The summed E-state index contributed by atoms with van der Waals surface area (Å²) < 4.78 is 0. The molecule has 2 nitrogen and oxygen atoms in total. The summed E-state index contributed by atoms with van der Waals surface area (Å²) in [5, 5.41) is 9.48. The molecule has 10 heavy (non-hydrogen) atoms. The van der Waals surface area contributed by atoms with Crippen molar-refractivity contribution in [3.8, 4) is 0 Å². The Hall–Kier alpha value is -0.630. The Morgan fingerprint density at radius 3 is 2.70 bits per heavy atom. The average molecular weight is 140 g/mol. The standard InChI is InChI=1S/C8H12O2/c1-2-8(10)6-4-3-5-7(8)9/h2,10H,1,3-6H2. The van der Waals surface area contributed by atoms with Crippen molar-refractivity contribution in [1.29, 1.82) is 0 Å². The fourth-order valence-corrected chi connectivity index (χ4v) is 1.25. The molecule has 0 spiro atoms. The lowest BCUT2D eigenvalue weighted by molar-refractivity contribution is -0.135. The second-order valence-corrected chi connectivity index (χ2v) is 2.76. The van der Waals surface area contributed by atoms with Gasteiger partial charge < -0.3 is 5.11 Å². The molecule has 1 unspecified atom stereocenters. The zero-order valence-corrected chi connectivity index (χ0v) is 5.97. The zero-order chi connectivity index (χ0) is 7.61. The predicted octanol–water partition coefficient (Wildman–Crippen LogP) is 1.05. The minimum absolute atomic E-state index is 0.0752. The van der Waals surface area contributed by atoms with E-state index >= 15 is 0 Å². The summed E-state index contributed by atoms with van der Waals surface area (Å²) in [5.41, 5.74) is -1.20. The number of hydrogen-bond acceptors (Lipinski definition) is 2. The molecule has 1 aliphatic rings. The minimum Gasteiger partial charge on any atom is -0.378 e. The third-order valence-corrected chi connectivity index (χ3v) is 2.03. The van der Waals surface area contributed by atoms with Crippen molar-refractivity contribution < 1.29 is 9.90 Å². The molecule has 1 saturated carbocycles. The van der Waals surface area contributed by atoms with E-state index in [9.17, 15) is 9.90 Å². The van der Waals surface area contributed by atoms with Gasteiger partial charge >= 0.3 is 0 Å². The van der Waals surface area contributed by atoms with E-state index in [4.69, 9.17) is 0 Å². The summed E-state index contributed by atoms with van der Waals surface area (Å²) in [6.07, 6.45) is 4.25. The third-order valence-electron chi connectivity index (χ3n) is 2.03. The molecule has 1 atom stereocenters. The molecule has 0 aromatic carbocycles. The minimum atomic E-state index is -1.20. The van der Waals surface area contributed by atoms with Gasteiger partial charge in [0.25, 0.3) is 0 Å². The van der Waals surface area contributed by atoms with Crippen LogP contribution in [0.25, 0.3) is 0 Å². The Labute approximate surface area is 60.6 Å². The summed E-state index contributed by atoms with van der Waals surface area (Å²) in [7, 11) is 0. The second-order valence-electron chi connectivity index (χ2n) is 2.76. The van der Waals surface area contributed by atoms with Gasteiger partial charge in [-0.3, -0.25) is 4.79 Å². The SMILES string of the molecule is C=CC1(O)CCCCC1=O. The smallest absolute Gasteiger partial charge is 0.168 e. The molecule has 0 aromatic heterocycles. The molecule has 1 fully saturated rings. The van der Waals surface area contributed by atoms with E-state index in [1.807, 2.05) is 0 Å². The van der Waals surface area contributed by atoms with Crippen molar-refractivity contribution in [2.75, 3.05) is 0 Å². The molecule has 0 saturated heterocycles. The number of Topliss-reactive ketones (excluding diaryl/α,β-unsaturated/α-hetero) is 1. The van der Waals surface area contributed by atoms with E-state index in [0.717, 1.165) is 12.8 Å². The Kier molecular flexibility index (Phi) is 1.90. The summed E-state index contributed by atoms with van der Waals surface area (Å²) in [4.78, 5) is 11.0. The third kappa shape index (κ3) is 1.12. The van der Waals surface area contributed by atoms with Gasteiger partial charge in [0.05, 0.1) is 0 Å². The highest BCUT2D eigenvalue weighted by Gasteiger charge is 2.33. The molecule has 0 aromatic rings. The quantitative estimate of drug-likeness (QED) is 0.553. The fourth-order valence-electron chi connectivity index (χ4n) is 1.25. The Morgan fingerprint density at radius 2 is 2.30 bits per heavy atom. The van der Waals surface area contributed by atoms with E-state index in [1.54, 1.807) is 0 Å². The summed E-state index contributed by atoms with van der Waals surface area (Å²) in [5.74, 6) is -0.0752. The number of ketones is 1. The van der Waals surface area contributed by atoms with Crippen LogP contribution in [0.5, 0.6) is 0 Å². The Bertz CT molecular complexity index is 163. The van der Waals surface area contributed by atoms with Crippen molar-refractivity contribution >= 4 is 5.78 Å². The number of rotatable bonds is 1. The maximum Gasteiger partial charge on any atom is 0.168 e. The van der Waals surface area contributed by atoms with Crippen LogP contribution >= 0.6 is 0 Å². The van der Waals surface area contributed by atoms with Gasteiger partial charge in [-0.2, -0.15) is 0 Å². The lowest BCUT2D eigenvalue weighted by Crippen LogP contribution is -2.38. The summed E-state index contributed by atoms with van der Waals surface area (Å²) in [6, 6.07) is 0. The van der Waals surface area contributed by atoms with E-state index in [1.165, 1.54) is 6.08 Å². The Balaban J connectivity index is 2.72. The van der Waals surface area contributed by atoms with Crippen LogP contribution in [0.3, 0.4) is 0 Å². The van der Waals surface area contributed by atoms with Gasteiger partial charge in [0.2, 0.25) is 0 Å². The molecular formula is C8H12O2. The van der Waals surface area contributed by atoms with Crippen LogP contribution in [-0.4, -0.2) is 16.5 Å². The first-order valence-corrected chi connectivity index (χ1v) is 3.58. The predicted molar refractivity (Wildman–Crippen MR) is 38.6 cm³/mol. The van der Waals surface area contributed by atoms with Crippen LogP contribution in [0, 0.1) is 0 Å². The van der Waals surface area contributed by atoms with Crippen molar-refractivity contribution in [1.82, 2.24) is 0 Å². The van der Waals surface area contributed by atoms with Crippen LogP contribution in [0.4, 0.5) is 0 Å². The van der Waals surface area contributed by atoms with Crippen LogP contribution in [-0.2, 0) is 4.79 Å². The van der Waals surface area contributed by atoms with Crippen LogP contribution in [0.2, 0.25) is 0 Å². The average Bonchev–Trinajstić information content (AvgIpc) is 1.96. The van der Waals surface area contributed by atoms with Gasteiger partial charge in [0, 0.05) is 6.42 Å². The van der Waals surface area contributed by atoms with Crippen molar-refractivity contribution in [2.24, 2.45) is 0 Å². The highest BCUT2D eigenvalue weighted by Crippen LogP contribution is 2.25. The van der Waals surface area contributed by atoms with Gasteiger partial charge in [0.15, 0.2) is 5.78 Å². The summed E-state index contributed by atoms with van der Waals surface area (Å²) in [6.45, 7) is 3.44. The van der Waals surface area contributed by atoms with Crippen molar-refractivity contribution in [3.63, 3.8) is 0 Å². The topological polar surface area (TPSA) is 37.3 Å². The molecule has 1 N–H and O–H groups in total. The fraction of sp³-hybridized carbons (Fsp3) is 0.625. The molecule has 0 heterocycles. The second kappa shape index (κ2) is 2.54. The molecule has 2 heteroatoms. The molecule has 0 aliphatic heterocycles. The number of aliphatic hydroxyl groups is 1. The molecule has 56 valence electrons. The first kappa shape index (κ1) is 7.48. The highest BCUT2D eigenvalue weighted by atomic mass is 16.3. The van der Waals surface area contributed by atoms with Crippen molar-refractivity contribution in [3.05, 3.63) is 12.7 Å². The van der Waals surface area contributed by atoms with Crippen LogP contribution < -0.4 is 0 Å². The van der Waals surface area contributed by atoms with E-state index in [0.29, 0.717) is 12.8 Å². The van der Waals surface area contributed by atoms with Gasteiger partial charge in [0.1, 0.15) is 5.60 Å². The van der Waals surface area contributed by atoms with Gasteiger partial charge in [-0.15, -0.1) is 0 Å². The first-order chi connectivity index (χ1) is 4.69. The van der Waals surface area contributed by atoms with Crippen molar-refractivity contribution in [2.45, 2.75) is 31.3 Å². The zero-order valence-electron chi connectivity index (χ0n) is 5.97. The van der Waals surface area contributed by atoms with Gasteiger partial charge in [-0.25, -0.2) is 0 Å². The maximum atomic E-state index is 11.0. The number of carbonyl (C=O) groups excluding carboxylic acids is 1. The largest absolute Gasteiger partial charge is 0.378 e. The highest BCUT2D eigenvalue weighted by molar-refractivity contribution is 5.89. The van der Waals surface area contributed by atoms with E-state index < -0.39 is 5.60 Å². The lowest BCUT2D eigenvalue weighted by atomic mass is 9.84. The molecule has 1 rings (SSSR count). The molecular weight excluding hydrogens is 128 g/mol. The number of carbonyl (C=O) groups is 1. The summed E-state index contributed by atoms with van der Waals surface area (Å²) >= 11 is 0. The Morgan fingerprint density at radius 1 is 1.60 bits per heavy atom. The first-order valence-electron chi connectivity index (χ1n) is 3.58. The van der Waals surface area contributed by atoms with Crippen LogP contribution in [0.1, 0.15) is 25.7 Å². The van der Waals surface area contributed by atoms with Crippen LogP contribution in [0.15, 0.2) is 12.7 Å². The molecule has 0 radical (unpaired) electrons. The number of hydrogen-bond donors (Lipinski definition) is 1. The monoisotopic (exact) mass is 140 g/mol. The normalized spacial score (nSPS) is 33.9. The van der Waals surface area contributed by atoms with E-state index in [-0.39, 0.29) is 5.78 Å². The maximum absolute atomic E-state index is 11.0. The molecule has 0 bridgehead atoms.